The summed E-state index contributed by atoms with van der Waals surface area (Å²) < 4.78 is 28.0. The van der Waals surface area contributed by atoms with Gasteiger partial charge in [-0.1, -0.05) is 57.5 Å². The molecule has 1 aliphatic carbocycles. The van der Waals surface area contributed by atoms with Crippen LogP contribution in [0.25, 0.3) is 0 Å². The molecule has 0 spiro atoms. The first-order valence-electron chi connectivity index (χ1n) is 12.6. The molecule has 1 N–H and O–H groups in total. The zero-order valence-corrected chi connectivity index (χ0v) is 20.8. The Balaban J connectivity index is 1.60. The number of amides is 2. The molecule has 0 radical (unpaired) electrons. The van der Waals surface area contributed by atoms with E-state index in [-0.39, 0.29) is 29.7 Å². The van der Waals surface area contributed by atoms with Crippen LogP contribution in [-0.4, -0.2) is 34.9 Å². The topological polar surface area (TPSA) is 75.7 Å². The van der Waals surface area contributed by atoms with Gasteiger partial charge in [-0.15, -0.1) is 0 Å². The van der Waals surface area contributed by atoms with Crippen LogP contribution >= 0.6 is 0 Å². The van der Waals surface area contributed by atoms with E-state index in [1.54, 1.807) is 0 Å². The normalized spacial score (nSPS) is 20.9. The summed E-state index contributed by atoms with van der Waals surface area (Å²) in [5, 5.41) is 3.80. The average Bonchev–Trinajstić information content (AvgIpc) is 3.26. The number of nitrogens with zero attached hydrogens (tertiary/aromatic N) is 1. The monoisotopic (exact) mass is 498 g/mol. The van der Waals surface area contributed by atoms with Crippen molar-refractivity contribution in [1.29, 1.82) is 0 Å². The summed E-state index contributed by atoms with van der Waals surface area (Å²) in [6.45, 7) is 5.65. The molecule has 8 heteroatoms. The van der Waals surface area contributed by atoms with Crippen molar-refractivity contribution in [1.82, 2.24) is 10.4 Å². The first-order valence-corrected chi connectivity index (χ1v) is 12.6. The van der Waals surface area contributed by atoms with Crippen molar-refractivity contribution in [3.63, 3.8) is 0 Å². The molecule has 2 aromatic carbocycles. The van der Waals surface area contributed by atoms with Crippen molar-refractivity contribution in [2.75, 3.05) is 0 Å². The van der Waals surface area contributed by atoms with Gasteiger partial charge in [-0.25, -0.2) is 13.6 Å². The van der Waals surface area contributed by atoms with Gasteiger partial charge < -0.3 is 10.2 Å². The first-order chi connectivity index (χ1) is 17.2. The number of benzene rings is 2. The molecule has 2 amide bonds. The van der Waals surface area contributed by atoms with Crippen molar-refractivity contribution >= 4 is 17.8 Å². The summed E-state index contributed by atoms with van der Waals surface area (Å²) >= 11 is 0. The second kappa shape index (κ2) is 10.8. The van der Waals surface area contributed by atoms with Gasteiger partial charge in [0.2, 0.25) is 5.91 Å². The standard InChI is InChI=1S/C28H32F2N2O4/c1-4-7-22(21-11-10-20(29)15-23(21)30)28(35)36-32-24(12-16(2)3)26(33)31-25(27(32)34)19-13-17-8-5-6-9-18(17)14-19/h5-6,8-11,15-16,19,22,24-25H,4,7,12-14H2,1-3H3,(H,31,33)/t22-,24-,25-/m1/s1. The maximum atomic E-state index is 14.6. The fourth-order valence-corrected chi connectivity index (χ4v) is 5.25. The summed E-state index contributed by atoms with van der Waals surface area (Å²) in [7, 11) is 0. The molecular weight excluding hydrogens is 466 g/mol. The van der Waals surface area contributed by atoms with E-state index in [2.05, 4.69) is 5.32 Å². The minimum atomic E-state index is -1.04. The Morgan fingerprint density at radius 3 is 2.36 bits per heavy atom. The summed E-state index contributed by atoms with van der Waals surface area (Å²) in [6, 6.07) is 9.11. The number of hydroxylamine groups is 2. The Morgan fingerprint density at radius 1 is 1.11 bits per heavy atom. The molecule has 0 aromatic heterocycles. The van der Waals surface area contributed by atoms with Gasteiger partial charge in [-0.3, -0.25) is 9.59 Å². The quantitative estimate of drug-likeness (QED) is 0.583. The van der Waals surface area contributed by atoms with Crippen LogP contribution < -0.4 is 5.32 Å². The molecule has 1 heterocycles. The van der Waals surface area contributed by atoms with Crippen LogP contribution in [-0.2, 0) is 32.1 Å². The Hall–Kier alpha value is -3.29. The molecular formula is C28H32F2N2O4. The fraction of sp³-hybridized carbons (Fsp3) is 0.464. The number of rotatable bonds is 8. The Bertz CT molecular complexity index is 1130. The SMILES string of the molecule is CCC[C@@H](C(=O)ON1C(=O)[C@@H](C2Cc3ccccc3C2)NC(=O)[C@H]1CC(C)C)c1ccc(F)cc1F. The maximum absolute atomic E-state index is 14.6. The third-order valence-electron chi connectivity index (χ3n) is 7.00. The molecule has 3 atom stereocenters. The van der Waals surface area contributed by atoms with E-state index in [0.717, 1.165) is 28.3 Å². The lowest BCUT2D eigenvalue weighted by Crippen LogP contribution is -2.65. The molecule has 36 heavy (non-hydrogen) atoms. The number of nitrogens with one attached hydrogen (secondary N) is 1. The highest BCUT2D eigenvalue weighted by Crippen LogP contribution is 2.33. The van der Waals surface area contributed by atoms with E-state index in [1.165, 1.54) is 6.07 Å². The number of carbonyl (C=O) groups excluding carboxylic acids is 3. The molecule has 4 rings (SSSR count). The summed E-state index contributed by atoms with van der Waals surface area (Å²) in [4.78, 5) is 45.8. The van der Waals surface area contributed by atoms with E-state index in [1.807, 2.05) is 45.0 Å². The molecule has 192 valence electrons. The second-order valence-electron chi connectivity index (χ2n) is 10.2. The smallest absolute Gasteiger partial charge is 0.340 e. The minimum Gasteiger partial charge on any atom is -0.342 e. The third-order valence-corrected chi connectivity index (χ3v) is 7.00. The van der Waals surface area contributed by atoms with Crippen molar-refractivity contribution in [2.24, 2.45) is 11.8 Å². The predicted octanol–water partition coefficient (Wildman–Crippen LogP) is 4.46. The van der Waals surface area contributed by atoms with Crippen LogP contribution in [0.1, 0.15) is 62.6 Å². The molecule has 1 aliphatic heterocycles. The molecule has 2 aliphatic rings. The fourth-order valence-electron chi connectivity index (χ4n) is 5.25. The Morgan fingerprint density at radius 2 is 1.78 bits per heavy atom. The van der Waals surface area contributed by atoms with Crippen molar-refractivity contribution in [3.05, 3.63) is 70.8 Å². The number of halogens is 2. The number of piperazine rings is 1. The lowest BCUT2D eigenvalue weighted by atomic mass is 9.91. The highest BCUT2D eigenvalue weighted by molar-refractivity contribution is 5.97. The van der Waals surface area contributed by atoms with E-state index < -0.39 is 41.5 Å². The highest BCUT2D eigenvalue weighted by atomic mass is 19.1. The van der Waals surface area contributed by atoms with Crippen LogP contribution in [0, 0.1) is 23.5 Å². The Labute approximate surface area is 210 Å². The molecule has 0 saturated carbocycles. The minimum absolute atomic E-state index is 0.000335. The largest absolute Gasteiger partial charge is 0.342 e. The summed E-state index contributed by atoms with van der Waals surface area (Å²) in [6.07, 6.45) is 2.33. The van der Waals surface area contributed by atoms with Crippen LogP contribution in [0.15, 0.2) is 42.5 Å². The second-order valence-corrected chi connectivity index (χ2v) is 10.2. The van der Waals surface area contributed by atoms with Crippen LogP contribution in [0.2, 0.25) is 0 Å². The van der Waals surface area contributed by atoms with Gasteiger partial charge in [0.25, 0.3) is 5.91 Å². The van der Waals surface area contributed by atoms with Crippen molar-refractivity contribution in [3.8, 4) is 0 Å². The number of hydrogen-bond acceptors (Lipinski definition) is 4. The number of hydrogen-bond donors (Lipinski definition) is 1. The van der Waals surface area contributed by atoms with Crippen molar-refractivity contribution < 1.29 is 28.0 Å². The van der Waals surface area contributed by atoms with Gasteiger partial charge >= 0.3 is 5.97 Å². The summed E-state index contributed by atoms with van der Waals surface area (Å²) in [5.74, 6) is -4.47. The van der Waals surface area contributed by atoms with Crippen LogP contribution in [0.5, 0.6) is 0 Å². The Kier molecular flexibility index (Phi) is 7.71. The van der Waals surface area contributed by atoms with Gasteiger partial charge in [0.15, 0.2) is 0 Å². The lowest BCUT2D eigenvalue weighted by molar-refractivity contribution is -0.217. The van der Waals surface area contributed by atoms with Gasteiger partial charge in [0.1, 0.15) is 23.7 Å². The molecule has 0 unspecified atom stereocenters. The van der Waals surface area contributed by atoms with Crippen molar-refractivity contribution in [2.45, 2.75) is 70.9 Å². The summed E-state index contributed by atoms with van der Waals surface area (Å²) in [5.41, 5.74) is 2.26. The number of carbonyl (C=O) groups is 3. The van der Waals surface area contributed by atoms with Gasteiger partial charge in [-0.2, -0.15) is 5.06 Å². The third kappa shape index (κ3) is 5.27. The molecule has 6 nitrogen and oxygen atoms in total. The van der Waals surface area contributed by atoms with E-state index in [9.17, 15) is 23.2 Å². The zero-order valence-electron chi connectivity index (χ0n) is 20.8. The number of fused-ring (bicyclic) bond motifs is 1. The molecule has 1 saturated heterocycles. The van der Waals surface area contributed by atoms with E-state index >= 15 is 0 Å². The molecule has 1 fully saturated rings. The van der Waals surface area contributed by atoms with Gasteiger partial charge in [-0.05, 0) is 54.7 Å². The lowest BCUT2D eigenvalue weighted by Gasteiger charge is -2.40. The first kappa shape index (κ1) is 25.8. The maximum Gasteiger partial charge on any atom is 0.340 e. The predicted molar refractivity (Wildman–Crippen MR) is 129 cm³/mol. The van der Waals surface area contributed by atoms with E-state index in [0.29, 0.717) is 25.7 Å². The van der Waals surface area contributed by atoms with Crippen LogP contribution in [0.4, 0.5) is 8.78 Å². The molecule has 2 aromatic rings. The van der Waals surface area contributed by atoms with Gasteiger partial charge in [0, 0.05) is 11.6 Å². The molecule has 0 bridgehead atoms. The van der Waals surface area contributed by atoms with Gasteiger partial charge in [0.05, 0.1) is 5.92 Å². The highest BCUT2D eigenvalue weighted by Gasteiger charge is 2.47. The average molecular weight is 499 g/mol. The van der Waals surface area contributed by atoms with Crippen LogP contribution in [0.3, 0.4) is 0 Å². The van der Waals surface area contributed by atoms with E-state index in [4.69, 9.17) is 4.84 Å². The zero-order chi connectivity index (χ0) is 26.0.